The highest BCUT2D eigenvalue weighted by Crippen LogP contribution is 2.42. The first-order chi connectivity index (χ1) is 13.7. The Bertz CT molecular complexity index is 1270. The van der Waals surface area contributed by atoms with E-state index in [1.165, 1.54) is 28.7 Å². The molecular formula is C17H15ClFN5O4S. The van der Waals surface area contributed by atoms with Crippen molar-refractivity contribution in [1.82, 2.24) is 14.7 Å². The molecule has 0 spiro atoms. The van der Waals surface area contributed by atoms with Crippen LogP contribution in [0.1, 0.15) is 13.3 Å². The second kappa shape index (κ2) is 6.85. The van der Waals surface area contributed by atoms with Gasteiger partial charge in [0.1, 0.15) is 17.7 Å². The summed E-state index contributed by atoms with van der Waals surface area (Å²) in [6, 6.07) is 5.22. The molecule has 0 fully saturated rings. The predicted octanol–water partition coefficient (Wildman–Crippen LogP) is 2.61. The van der Waals surface area contributed by atoms with Crippen molar-refractivity contribution < 1.29 is 17.3 Å². The number of pyridine rings is 1. The number of nitrogens with one attached hydrogen (secondary N) is 1. The number of aromatic nitrogens is 3. The monoisotopic (exact) mass is 439 g/mol. The summed E-state index contributed by atoms with van der Waals surface area (Å²) >= 11 is 5.85. The summed E-state index contributed by atoms with van der Waals surface area (Å²) in [6.45, 7) is 1.83. The number of sulfonamides is 1. The number of halogens is 2. The van der Waals surface area contributed by atoms with Crippen molar-refractivity contribution >= 4 is 33.1 Å². The Morgan fingerprint density at radius 3 is 2.76 bits per heavy atom. The van der Waals surface area contributed by atoms with Gasteiger partial charge in [-0.3, -0.25) is 4.52 Å². The highest BCUT2D eigenvalue weighted by atomic mass is 35.5. The first-order valence-electron chi connectivity index (χ1n) is 8.52. The van der Waals surface area contributed by atoms with Crippen LogP contribution in [0.25, 0.3) is 17.1 Å². The van der Waals surface area contributed by atoms with Gasteiger partial charge < -0.3 is 5.32 Å². The second-order valence-electron chi connectivity index (χ2n) is 6.39. The number of nitrogens with zero attached hydrogens (tertiary/aromatic N) is 4. The van der Waals surface area contributed by atoms with Gasteiger partial charge in [0.15, 0.2) is 11.6 Å². The van der Waals surface area contributed by atoms with Gasteiger partial charge >= 0.3 is 5.76 Å². The highest BCUT2D eigenvalue weighted by molar-refractivity contribution is 7.92. The maximum Gasteiger partial charge on any atom is 0.446 e. The lowest BCUT2D eigenvalue weighted by atomic mass is 10.2. The fraction of sp³-hybridized carbons (Fsp3) is 0.235. The molecule has 9 nitrogen and oxygen atoms in total. The topological polar surface area (TPSA) is 110 Å². The predicted molar refractivity (Wildman–Crippen MR) is 105 cm³/mol. The van der Waals surface area contributed by atoms with Gasteiger partial charge in [0, 0.05) is 6.20 Å². The van der Waals surface area contributed by atoms with Crippen LogP contribution in [-0.4, -0.2) is 35.5 Å². The molecule has 1 unspecified atom stereocenters. The molecule has 3 aromatic rings. The van der Waals surface area contributed by atoms with Gasteiger partial charge in [0.05, 0.1) is 22.5 Å². The summed E-state index contributed by atoms with van der Waals surface area (Å²) in [5, 5.41) is 6.69. The van der Waals surface area contributed by atoms with E-state index < -0.39 is 27.8 Å². The van der Waals surface area contributed by atoms with Crippen LogP contribution < -0.4 is 15.4 Å². The van der Waals surface area contributed by atoms with Crippen LogP contribution >= 0.6 is 11.6 Å². The minimum atomic E-state index is -3.68. The first kappa shape index (κ1) is 19.4. The molecule has 12 heteroatoms. The van der Waals surface area contributed by atoms with Crippen LogP contribution in [0.3, 0.4) is 0 Å². The minimum Gasteiger partial charge on any atom is -0.347 e. The smallest absolute Gasteiger partial charge is 0.347 e. The molecule has 0 radical (unpaired) electrons. The molecule has 0 bridgehead atoms. The van der Waals surface area contributed by atoms with Crippen LogP contribution in [0.2, 0.25) is 5.02 Å². The van der Waals surface area contributed by atoms with Crippen molar-refractivity contribution in [2.45, 2.75) is 19.5 Å². The fourth-order valence-electron chi connectivity index (χ4n) is 3.27. The second-order valence-corrected chi connectivity index (χ2v) is 8.66. The lowest BCUT2D eigenvalue weighted by Crippen LogP contribution is -2.39. The number of benzene rings is 1. The summed E-state index contributed by atoms with van der Waals surface area (Å²) < 4.78 is 45.6. The molecule has 4 rings (SSSR count). The van der Waals surface area contributed by atoms with E-state index in [-0.39, 0.29) is 22.2 Å². The molecule has 152 valence electrons. The van der Waals surface area contributed by atoms with Gasteiger partial charge in [-0.1, -0.05) is 23.7 Å². The number of hydrogen-bond acceptors (Lipinski definition) is 7. The van der Waals surface area contributed by atoms with Crippen LogP contribution in [0.15, 0.2) is 39.8 Å². The molecule has 3 heterocycles. The molecule has 0 saturated carbocycles. The van der Waals surface area contributed by atoms with Gasteiger partial charge in [-0.05, 0) is 30.7 Å². The van der Waals surface area contributed by atoms with Gasteiger partial charge in [-0.2, -0.15) is 0 Å². The molecule has 1 aliphatic heterocycles. The minimum absolute atomic E-state index is 0.0310. The van der Waals surface area contributed by atoms with E-state index in [1.807, 2.05) is 6.92 Å². The molecular weight excluding hydrogens is 425 g/mol. The number of hydrogen-bond donors (Lipinski definition) is 1. The Hall–Kier alpha value is -2.92. The molecule has 0 saturated heterocycles. The highest BCUT2D eigenvalue weighted by Gasteiger charge is 2.38. The molecule has 1 atom stereocenters. The summed E-state index contributed by atoms with van der Waals surface area (Å²) in [7, 11) is -3.68. The number of rotatable bonds is 4. The van der Waals surface area contributed by atoms with E-state index in [1.54, 1.807) is 0 Å². The van der Waals surface area contributed by atoms with E-state index in [2.05, 4.69) is 15.5 Å². The Balaban J connectivity index is 1.97. The van der Waals surface area contributed by atoms with Gasteiger partial charge in [0.2, 0.25) is 10.0 Å². The van der Waals surface area contributed by atoms with Crippen molar-refractivity contribution in [2.75, 3.05) is 15.9 Å². The van der Waals surface area contributed by atoms with E-state index >= 15 is 0 Å². The molecule has 0 aliphatic carbocycles. The van der Waals surface area contributed by atoms with Crippen LogP contribution in [0.4, 0.5) is 15.9 Å². The maximum atomic E-state index is 13.6. The third-order valence-electron chi connectivity index (χ3n) is 4.48. The summed E-state index contributed by atoms with van der Waals surface area (Å²) in [4.78, 5) is 16.6. The summed E-state index contributed by atoms with van der Waals surface area (Å²) in [6.07, 6.45) is 2.47. The van der Waals surface area contributed by atoms with Gasteiger partial charge in [0.25, 0.3) is 0 Å². The average molecular weight is 440 g/mol. The van der Waals surface area contributed by atoms with Crippen molar-refractivity contribution in [3.05, 3.63) is 51.9 Å². The zero-order valence-corrected chi connectivity index (χ0v) is 16.8. The SMILES string of the molecule is CCC1Nc2nccc(-c3noc(=O)n3-c3ccc(F)c(Cl)c3)c2N1S(C)(=O)=O. The third kappa shape index (κ3) is 3.15. The Labute approximate surface area is 169 Å². The molecule has 1 N–H and O–H groups in total. The first-order valence-corrected chi connectivity index (χ1v) is 10.7. The van der Waals surface area contributed by atoms with E-state index in [9.17, 15) is 17.6 Å². The Morgan fingerprint density at radius 1 is 1.34 bits per heavy atom. The van der Waals surface area contributed by atoms with Crippen molar-refractivity contribution in [3.8, 4) is 17.1 Å². The van der Waals surface area contributed by atoms with E-state index in [4.69, 9.17) is 16.1 Å². The largest absolute Gasteiger partial charge is 0.446 e. The molecule has 2 aromatic heterocycles. The van der Waals surface area contributed by atoms with Crippen LogP contribution in [0.5, 0.6) is 0 Å². The average Bonchev–Trinajstić information content (AvgIpc) is 3.24. The zero-order valence-electron chi connectivity index (χ0n) is 15.3. The maximum absolute atomic E-state index is 13.6. The summed E-state index contributed by atoms with van der Waals surface area (Å²) in [5.41, 5.74) is 0.763. The molecule has 0 amide bonds. The van der Waals surface area contributed by atoms with Gasteiger partial charge in [-0.15, -0.1) is 0 Å². The third-order valence-corrected chi connectivity index (χ3v) is 5.92. The fourth-order valence-corrected chi connectivity index (χ4v) is 4.63. The Kier molecular flexibility index (Phi) is 4.58. The number of fused-ring (bicyclic) bond motifs is 1. The van der Waals surface area contributed by atoms with Gasteiger partial charge in [-0.25, -0.2) is 31.5 Å². The van der Waals surface area contributed by atoms with Crippen LogP contribution in [0, 0.1) is 5.82 Å². The number of anilines is 2. The Morgan fingerprint density at radius 2 is 2.10 bits per heavy atom. The zero-order chi connectivity index (χ0) is 20.9. The quantitative estimate of drug-likeness (QED) is 0.665. The molecule has 1 aromatic carbocycles. The lowest BCUT2D eigenvalue weighted by Gasteiger charge is -2.24. The molecule has 29 heavy (non-hydrogen) atoms. The van der Waals surface area contributed by atoms with E-state index in [0.717, 1.165) is 16.9 Å². The van der Waals surface area contributed by atoms with Crippen molar-refractivity contribution in [1.29, 1.82) is 0 Å². The standard InChI is InChI=1S/C17H15ClFN5O4S/c1-3-13-21-15-14(24(13)29(2,26)27)10(6-7-20-15)16-22-28-17(25)23(16)9-4-5-12(19)11(18)8-9/h4-8,13H,3H2,1-2H3,(H,20,21). The lowest BCUT2D eigenvalue weighted by molar-refractivity contribution is 0.383. The summed E-state index contributed by atoms with van der Waals surface area (Å²) in [5.74, 6) is -1.12. The van der Waals surface area contributed by atoms with E-state index in [0.29, 0.717) is 17.8 Å². The van der Waals surface area contributed by atoms with Crippen LogP contribution in [-0.2, 0) is 10.0 Å². The van der Waals surface area contributed by atoms with Crippen molar-refractivity contribution in [2.24, 2.45) is 0 Å². The van der Waals surface area contributed by atoms with Crippen molar-refractivity contribution in [3.63, 3.8) is 0 Å². The normalized spacial score (nSPS) is 16.0. The molecule has 1 aliphatic rings.